The van der Waals surface area contributed by atoms with Crippen molar-refractivity contribution in [2.24, 2.45) is 5.92 Å². The fraction of sp³-hybridized carbons (Fsp3) is 0.308. The molecule has 0 heterocycles. The molecule has 106 valence electrons. The fourth-order valence-corrected chi connectivity index (χ4v) is 1.53. The monoisotopic (exact) mass is 279 g/mol. The largest absolute Gasteiger partial charge is 0.480 e. The molecule has 0 spiro atoms. The van der Waals surface area contributed by atoms with E-state index in [2.05, 4.69) is 10.6 Å². The lowest BCUT2D eigenvalue weighted by Gasteiger charge is -2.18. The van der Waals surface area contributed by atoms with Crippen molar-refractivity contribution in [3.05, 3.63) is 29.6 Å². The molecule has 2 amide bonds. The smallest absolute Gasteiger partial charge is 0.326 e. The van der Waals surface area contributed by atoms with Crippen LogP contribution in [0, 0.1) is 23.1 Å². The number of nitrogens with zero attached hydrogens (tertiary/aromatic N) is 1. The highest BCUT2D eigenvalue weighted by atomic mass is 19.1. The Labute approximate surface area is 115 Å². The molecule has 7 heteroatoms. The molecule has 0 aliphatic rings. The standard InChI is InChI=1S/C13H14FN3O3/c1-7(2)11(12(18)19)17-13(20)16-10-4-3-9(14)5-8(10)6-15/h3-5,7,11H,1-2H3,(H,18,19)(H2,16,17,20)/t11-/m1/s1. The van der Waals surface area contributed by atoms with Gasteiger partial charge in [-0.25, -0.2) is 14.0 Å². The summed E-state index contributed by atoms with van der Waals surface area (Å²) in [5.74, 6) is -2.06. The molecule has 0 fully saturated rings. The number of urea groups is 1. The Morgan fingerprint density at radius 2 is 2.05 bits per heavy atom. The van der Waals surface area contributed by atoms with Crippen LogP contribution in [-0.4, -0.2) is 23.1 Å². The topological polar surface area (TPSA) is 102 Å². The average Bonchev–Trinajstić information content (AvgIpc) is 2.37. The fourth-order valence-electron chi connectivity index (χ4n) is 1.53. The predicted octanol–water partition coefficient (Wildman–Crippen LogP) is 1.93. The van der Waals surface area contributed by atoms with E-state index in [1.54, 1.807) is 19.9 Å². The van der Waals surface area contributed by atoms with Crippen LogP contribution in [-0.2, 0) is 4.79 Å². The first-order valence-electron chi connectivity index (χ1n) is 5.85. The molecule has 0 aromatic heterocycles. The molecule has 0 saturated heterocycles. The van der Waals surface area contributed by atoms with Crippen molar-refractivity contribution >= 4 is 17.7 Å². The molecular formula is C13H14FN3O3. The molecule has 0 radical (unpaired) electrons. The van der Waals surface area contributed by atoms with Crippen LogP contribution in [0.15, 0.2) is 18.2 Å². The van der Waals surface area contributed by atoms with E-state index < -0.39 is 23.9 Å². The Morgan fingerprint density at radius 1 is 1.40 bits per heavy atom. The number of hydrogen-bond donors (Lipinski definition) is 3. The lowest BCUT2D eigenvalue weighted by molar-refractivity contribution is -0.140. The first kappa shape index (κ1) is 15.4. The summed E-state index contributed by atoms with van der Waals surface area (Å²) in [6, 6.07) is 3.22. The number of nitrogens with one attached hydrogen (secondary N) is 2. The highest BCUT2D eigenvalue weighted by Crippen LogP contribution is 2.16. The second kappa shape index (κ2) is 6.52. The number of aliphatic carboxylic acids is 1. The van der Waals surface area contributed by atoms with Gasteiger partial charge in [0.1, 0.15) is 17.9 Å². The third-order valence-corrected chi connectivity index (χ3v) is 2.57. The Balaban J connectivity index is 2.81. The van der Waals surface area contributed by atoms with E-state index in [0.29, 0.717) is 0 Å². The lowest BCUT2D eigenvalue weighted by atomic mass is 10.1. The molecule has 1 aromatic carbocycles. The summed E-state index contributed by atoms with van der Waals surface area (Å²) in [5.41, 5.74) is 0.0656. The zero-order chi connectivity index (χ0) is 15.3. The molecular weight excluding hydrogens is 265 g/mol. The summed E-state index contributed by atoms with van der Waals surface area (Å²) in [7, 11) is 0. The molecule has 6 nitrogen and oxygen atoms in total. The van der Waals surface area contributed by atoms with E-state index in [1.165, 1.54) is 6.07 Å². The van der Waals surface area contributed by atoms with Crippen molar-refractivity contribution in [3.63, 3.8) is 0 Å². The minimum atomic E-state index is -1.16. The first-order valence-corrected chi connectivity index (χ1v) is 5.85. The molecule has 3 N–H and O–H groups in total. The first-order chi connectivity index (χ1) is 9.35. The van der Waals surface area contributed by atoms with Crippen LogP contribution in [0.5, 0.6) is 0 Å². The van der Waals surface area contributed by atoms with Gasteiger partial charge in [-0.15, -0.1) is 0 Å². The van der Waals surface area contributed by atoms with Crippen LogP contribution < -0.4 is 10.6 Å². The van der Waals surface area contributed by atoms with Crippen molar-refractivity contribution < 1.29 is 19.1 Å². The van der Waals surface area contributed by atoms with Crippen LogP contribution in [0.3, 0.4) is 0 Å². The summed E-state index contributed by atoms with van der Waals surface area (Å²) in [6.45, 7) is 3.30. The minimum absolute atomic E-state index is 0.0448. The maximum absolute atomic E-state index is 12.9. The number of carboxylic acids is 1. The number of rotatable bonds is 4. The number of benzene rings is 1. The summed E-state index contributed by atoms with van der Waals surface area (Å²) >= 11 is 0. The highest BCUT2D eigenvalue weighted by Gasteiger charge is 2.23. The molecule has 0 unspecified atom stereocenters. The van der Waals surface area contributed by atoms with E-state index in [1.807, 2.05) is 0 Å². The highest BCUT2D eigenvalue weighted by molar-refractivity contribution is 5.93. The van der Waals surface area contributed by atoms with Crippen molar-refractivity contribution in [3.8, 4) is 6.07 Å². The van der Waals surface area contributed by atoms with E-state index in [0.717, 1.165) is 12.1 Å². The normalized spacial score (nSPS) is 11.6. The van der Waals surface area contributed by atoms with Gasteiger partial charge < -0.3 is 15.7 Å². The van der Waals surface area contributed by atoms with Crippen molar-refractivity contribution in [1.82, 2.24) is 5.32 Å². The number of carboxylic acid groups (broad SMARTS) is 1. The number of halogens is 1. The van der Waals surface area contributed by atoms with Crippen LogP contribution in [0.25, 0.3) is 0 Å². The second-order valence-corrected chi connectivity index (χ2v) is 4.46. The Bertz CT molecular complexity index is 566. The zero-order valence-electron chi connectivity index (χ0n) is 11.0. The van der Waals surface area contributed by atoms with Crippen LogP contribution in [0.2, 0.25) is 0 Å². The van der Waals surface area contributed by atoms with E-state index in [9.17, 15) is 14.0 Å². The van der Waals surface area contributed by atoms with E-state index in [4.69, 9.17) is 10.4 Å². The van der Waals surface area contributed by atoms with E-state index in [-0.39, 0.29) is 17.2 Å². The van der Waals surface area contributed by atoms with Crippen molar-refractivity contribution in [1.29, 1.82) is 5.26 Å². The molecule has 1 rings (SSSR count). The zero-order valence-corrected chi connectivity index (χ0v) is 11.0. The molecule has 0 aliphatic heterocycles. The van der Waals surface area contributed by atoms with Gasteiger partial charge in [0.15, 0.2) is 0 Å². The molecule has 0 saturated carbocycles. The van der Waals surface area contributed by atoms with Gasteiger partial charge in [-0.2, -0.15) is 5.26 Å². The quantitative estimate of drug-likeness (QED) is 0.783. The molecule has 1 atom stereocenters. The van der Waals surface area contributed by atoms with Gasteiger partial charge in [0, 0.05) is 0 Å². The average molecular weight is 279 g/mol. The van der Waals surface area contributed by atoms with Gasteiger partial charge in [-0.05, 0) is 24.1 Å². The minimum Gasteiger partial charge on any atom is -0.480 e. The second-order valence-electron chi connectivity index (χ2n) is 4.46. The summed E-state index contributed by atoms with van der Waals surface area (Å²) in [4.78, 5) is 22.6. The maximum atomic E-state index is 12.9. The number of nitriles is 1. The predicted molar refractivity (Wildman–Crippen MR) is 69.5 cm³/mol. The summed E-state index contributed by atoms with van der Waals surface area (Å²) in [6.07, 6.45) is 0. The number of hydrogen-bond acceptors (Lipinski definition) is 3. The lowest BCUT2D eigenvalue weighted by Crippen LogP contribution is -2.46. The number of carbonyl (C=O) groups excluding carboxylic acids is 1. The Hall–Kier alpha value is -2.62. The third kappa shape index (κ3) is 3.95. The Morgan fingerprint density at radius 3 is 2.55 bits per heavy atom. The van der Waals surface area contributed by atoms with Gasteiger partial charge in [0.05, 0.1) is 11.3 Å². The number of anilines is 1. The molecule has 0 aliphatic carbocycles. The molecule has 0 bridgehead atoms. The van der Waals surface area contributed by atoms with Crippen molar-refractivity contribution in [2.75, 3.05) is 5.32 Å². The van der Waals surface area contributed by atoms with Gasteiger partial charge in [-0.1, -0.05) is 13.8 Å². The van der Waals surface area contributed by atoms with E-state index >= 15 is 0 Å². The SMILES string of the molecule is CC(C)[C@@H](NC(=O)Nc1ccc(F)cc1C#N)C(=O)O. The molecule has 1 aromatic rings. The number of amides is 2. The summed E-state index contributed by atoms with van der Waals surface area (Å²) in [5, 5.41) is 22.4. The van der Waals surface area contributed by atoms with Crippen LogP contribution >= 0.6 is 0 Å². The van der Waals surface area contributed by atoms with Gasteiger partial charge in [-0.3, -0.25) is 0 Å². The van der Waals surface area contributed by atoms with Gasteiger partial charge >= 0.3 is 12.0 Å². The van der Waals surface area contributed by atoms with Crippen LogP contribution in [0.1, 0.15) is 19.4 Å². The van der Waals surface area contributed by atoms with Crippen LogP contribution in [0.4, 0.5) is 14.9 Å². The third-order valence-electron chi connectivity index (χ3n) is 2.57. The maximum Gasteiger partial charge on any atom is 0.326 e. The molecule has 20 heavy (non-hydrogen) atoms. The summed E-state index contributed by atoms with van der Waals surface area (Å²) < 4.78 is 12.9. The Kier molecular flexibility index (Phi) is 5.03. The number of carbonyl (C=O) groups is 2. The van der Waals surface area contributed by atoms with Gasteiger partial charge in [0.2, 0.25) is 0 Å². The van der Waals surface area contributed by atoms with Gasteiger partial charge in [0.25, 0.3) is 0 Å². The van der Waals surface area contributed by atoms with Crippen molar-refractivity contribution in [2.45, 2.75) is 19.9 Å².